The molecule has 0 bridgehead atoms. The average Bonchev–Trinajstić information content (AvgIpc) is 2.41. The van der Waals surface area contributed by atoms with Gasteiger partial charge in [-0.25, -0.2) is 0 Å². The second-order valence-electron chi connectivity index (χ2n) is 4.07. The highest BCUT2D eigenvalue weighted by Gasteiger charge is 2.12. The van der Waals surface area contributed by atoms with Crippen LogP contribution in [-0.4, -0.2) is 26.2 Å². The number of rotatable bonds is 5. The number of esters is 2. The minimum atomic E-state index is -0.123. The van der Waals surface area contributed by atoms with E-state index in [2.05, 4.69) is 23.3 Å². The van der Waals surface area contributed by atoms with Crippen LogP contribution >= 0.6 is 0 Å². The molecule has 0 aliphatic rings. The molecule has 0 atom stereocenters. The van der Waals surface area contributed by atoms with E-state index in [0.717, 1.165) is 19.3 Å². The van der Waals surface area contributed by atoms with Gasteiger partial charge in [0.05, 0.1) is 20.1 Å². The molecule has 0 aromatic carbocycles. The van der Waals surface area contributed by atoms with Crippen molar-refractivity contribution in [1.82, 2.24) is 0 Å². The lowest BCUT2D eigenvalue weighted by Gasteiger charge is -2.07. The Kier molecular flexibility index (Phi) is 23.4. The summed E-state index contributed by atoms with van der Waals surface area (Å²) in [7, 11) is 2.83. The fraction of sp³-hybridized carbons (Fsp3) is 0.867. The van der Waals surface area contributed by atoms with E-state index in [-0.39, 0.29) is 17.9 Å². The molecule has 4 nitrogen and oxygen atoms in total. The van der Waals surface area contributed by atoms with Gasteiger partial charge >= 0.3 is 11.9 Å². The van der Waals surface area contributed by atoms with Crippen molar-refractivity contribution >= 4 is 11.9 Å². The molecule has 0 saturated heterocycles. The van der Waals surface area contributed by atoms with Crippen LogP contribution in [0, 0.1) is 5.92 Å². The second kappa shape index (κ2) is 19.3. The van der Waals surface area contributed by atoms with Gasteiger partial charge in [-0.1, -0.05) is 41.0 Å². The molecular formula is C15H32O4. The molecule has 0 aromatic rings. The second-order valence-corrected chi connectivity index (χ2v) is 4.07. The van der Waals surface area contributed by atoms with E-state index in [1.807, 2.05) is 20.8 Å². The highest BCUT2D eigenvalue weighted by Crippen LogP contribution is 2.08. The normalized spacial score (nSPS) is 8.63. The molecule has 0 amide bonds. The van der Waals surface area contributed by atoms with Crippen molar-refractivity contribution < 1.29 is 19.1 Å². The molecule has 0 aliphatic carbocycles. The summed E-state index contributed by atoms with van der Waals surface area (Å²) in [6.07, 6.45) is 4.41. The first-order valence-electron chi connectivity index (χ1n) is 7.13. The minimum absolute atomic E-state index is 0.0833. The van der Waals surface area contributed by atoms with Gasteiger partial charge in [-0.15, -0.1) is 0 Å². The van der Waals surface area contributed by atoms with Crippen LogP contribution in [0.2, 0.25) is 0 Å². The summed E-state index contributed by atoms with van der Waals surface area (Å²) in [6.45, 7) is 10.2. The average molecular weight is 276 g/mol. The van der Waals surface area contributed by atoms with Crippen molar-refractivity contribution in [2.75, 3.05) is 14.2 Å². The lowest BCUT2D eigenvalue weighted by atomic mass is 10.0. The Bertz CT molecular complexity index is 198. The van der Waals surface area contributed by atoms with Crippen LogP contribution in [0.25, 0.3) is 0 Å². The third-order valence-corrected chi connectivity index (χ3v) is 2.20. The maximum atomic E-state index is 10.8. The third-order valence-electron chi connectivity index (χ3n) is 2.20. The van der Waals surface area contributed by atoms with Crippen LogP contribution in [0.1, 0.15) is 66.7 Å². The number of methoxy groups -OCH3 is 2. The number of carbonyl (C=O) groups excluding carboxylic acids is 2. The molecule has 0 fully saturated rings. The van der Waals surface area contributed by atoms with Gasteiger partial charge in [0.1, 0.15) is 0 Å². The van der Waals surface area contributed by atoms with E-state index in [0.29, 0.717) is 6.42 Å². The predicted molar refractivity (Wildman–Crippen MR) is 79.0 cm³/mol. The van der Waals surface area contributed by atoms with Crippen LogP contribution in [0.3, 0.4) is 0 Å². The van der Waals surface area contributed by atoms with E-state index >= 15 is 0 Å². The summed E-state index contributed by atoms with van der Waals surface area (Å²) in [5.41, 5.74) is 0. The summed E-state index contributed by atoms with van der Waals surface area (Å²) in [6, 6.07) is 0. The Morgan fingerprint density at radius 2 is 1.32 bits per heavy atom. The molecule has 0 saturated carbocycles. The smallest absolute Gasteiger partial charge is 0.308 e. The van der Waals surface area contributed by atoms with E-state index in [1.165, 1.54) is 20.6 Å². The molecule has 4 heteroatoms. The molecule has 0 aromatic heterocycles. The molecule has 0 rings (SSSR count). The maximum Gasteiger partial charge on any atom is 0.308 e. The van der Waals surface area contributed by atoms with Gasteiger partial charge in [-0.2, -0.15) is 0 Å². The molecule has 0 spiro atoms. The molecule has 0 N–H and O–H groups in total. The Balaban J connectivity index is -0.000000228. The van der Waals surface area contributed by atoms with Gasteiger partial charge in [0, 0.05) is 6.42 Å². The van der Waals surface area contributed by atoms with Crippen LogP contribution in [0.15, 0.2) is 0 Å². The molecule has 0 radical (unpaired) electrons. The van der Waals surface area contributed by atoms with E-state index in [4.69, 9.17) is 0 Å². The van der Waals surface area contributed by atoms with Crippen molar-refractivity contribution in [2.24, 2.45) is 5.92 Å². The summed E-state index contributed by atoms with van der Waals surface area (Å²) in [5, 5.41) is 0. The molecule has 0 unspecified atom stereocenters. The van der Waals surface area contributed by atoms with Crippen molar-refractivity contribution in [3.63, 3.8) is 0 Å². The predicted octanol–water partition coefficient (Wildman–Crippen LogP) is 3.97. The van der Waals surface area contributed by atoms with Gasteiger partial charge in [-0.05, 0) is 19.3 Å². The van der Waals surface area contributed by atoms with Crippen LogP contribution in [0.5, 0.6) is 0 Å². The lowest BCUT2D eigenvalue weighted by Crippen LogP contribution is -2.13. The van der Waals surface area contributed by atoms with E-state index < -0.39 is 0 Å². The lowest BCUT2D eigenvalue weighted by molar-refractivity contribution is -0.145. The fourth-order valence-corrected chi connectivity index (χ4v) is 1.09. The SMILES string of the molecule is CCC.CCC(CC)C(=O)OC.CCCC(=O)OC. The quantitative estimate of drug-likeness (QED) is 0.713. The molecule has 0 aliphatic heterocycles. The Hall–Kier alpha value is -1.06. The summed E-state index contributed by atoms with van der Waals surface area (Å²) in [4.78, 5) is 20.9. The van der Waals surface area contributed by atoms with Crippen molar-refractivity contribution in [3.05, 3.63) is 0 Å². The van der Waals surface area contributed by atoms with E-state index in [1.54, 1.807) is 0 Å². The zero-order chi connectivity index (χ0) is 15.7. The third kappa shape index (κ3) is 19.5. The fourth-order valence-electron chi connectivity index (χ4n) is 1.09. The van der Waals surface area contributed by atoms with Gasteiger partial charge in [-0.3, -0.25) is 9.59 Å². The summed E-state index contributed by atoms with van der Waals surface area (Å²) >= 11 is 0. The van der Waals surface area contributed by atoms with Gasteiger partial charge < -0.3 is 9.47 Å². The number of hydrogen-bond acceptors (Lipinski definition) is 4. The summed E-state index contributed by atoms with van der Waals surface area (Å²) in [5.74, 6) is -0.0995. The first-order valence-corrected chi connectivity index (χ1v) is 7.13. The summed E-state index contributed by atoms with van der Waals surface area (Å²) < 4.78 is 8.91. The van der Waals surface area contributed by atoms with E-state index in [9.17, 15) is 9.59 Å². The Morgan fingerprint density at radius 3 is 1.42 bits per heavy atom. The molecule has 19 heavy (non-hydrogen) atoms. The number of hydrogen-bond donors (Lipinski definition) is 0. The van der Waals surface area contributed by atoms with Crippen molar-refractivity contribution in [1.29, 1.82) is 0 Å². The number of carbonyl (C=O) groups is 2. The number of ether oxygens (including phenoxy) is 2. The first-order chi connectivity index (χ1) is 8.98. The monoisotopic (exact) mass is 276 g/mol. The maximum absolute atomic E-state index is 10.8. The highest BCUT2D eigenvalue weighted by atomic mass is 16.5. The van der Waals surface area contributed by atoms with Crippen LogP contribution in [-0.2, 0) is 19.1 Å². The van der Waals surface area contributed by atoms with Crippen LogP contribution in [0.4, 0.5) is 0 Å². The zero-order valence-corrected chi connectivity index (χ0v) is 13.7. The van der Waals surface area contributed by atoms with Gasteiger partial charge in [0.2, 0.25) is 0 Å². The molecule has 0 heterocycles. The van der Waals surface area contributed by atoms with Gasteiger partial charge in [0.25, 0.3) is 0 Å². The topological polar surface area (TPSA) is 52.6 Å². The van der Waals surface area contributed by atoms with Crippen LogP contribution < -0.4 is 0 Å². The highest BCUT2D eigenvalue weighted by molar-refractivity contribution is 5.72. The van der Waals surface area contributed by atoms with Gasteiger partial charge in [0.15, 0.2) is 0 Å². The molecule has 116 valence electrons. The molecular weight excluding hydrogens is 244 g/mol. The van der Waals surface area contributed by atoms with Crippen molar-refractivity contribution in [3.8, 4) is 0 Å². The largest absolute Gasteiger partial charge is 0.469 e. The Morgan fingerprint density at radius 1 is 0.895 bits per heavy atom. The first kappa shape index (κ1) is 23.1. The minimum Gasteiger partial charge on any atom is -0.469 e. The standard InChI is InChI=1S/C7H14O2.C5H10O2.C3H8/c1-4-6(5-2)7(8)9-3;1-3-4-5(6)7-2;1-3-2/h6H,4-5H2,1-3H3;3-4H2,1-2H3;3H2,1-2H3. The zero-order valence-electron chi connectivity index (χ0n) is 13.7. The Labute approximate surface area is 118 Å². The van der Waals surface area contributed by atoms with Crippen molar-refractivity contribution in [2.45, 2.75) is 66.7 Å².